The van der Waals surface area contributed by atoms with E-state index < -0.39 is 4.92 Å². The summed E-state index contributed by atoms with van der Waals surface area (Å²) < 4.78 is 0. The molecule has 0 radical (unpaired) electrons. The zero-order valence-electron chi connectivity index (χ0n) is 13.9. The SMILES string of the molecule is CCNc1ncnc(N2CCN(c3cccc(Cl)c3)CC2)c1[N+](=O)[O-]. The molecule has 1 fully saturated rings. The van der Waals surface area contributed by atoms with Crippen LogP contribution in [0.2, 0.25) is 5.02 Å². The number of nitrogens with one attached hydrogen (secondary N) is 1. The predicted octanol–water partition coefficient (Wildman–Crippen LogP) is 2.80. The zero-order chi connectivity index (χ0) is 17.8. The van der Waals surface area contributed by atoms with Crippen molar-refractivity contribution in [3.05, 3.63) is 45.7 Å². The molecular weight excluding hydrogens is 344 g/mol. The molecule has 0 atom stereocenters. The average Bonchev–Trinajstić information content (AvgIpc) is 2.62. The molecule has 0 amide bonds. The summed E-state index contributed by atoms with van der Waals surface area (Å²) in [6.45, 7) is 5.16. The van der Waals surface area contributed by atoms with E-state index in [-0.39, 0.29) is 11.5 Å². The summed E-state index contributed by atoms with van der Waals surface area (Å²) in [5, 5.41) is 15.1. The Morgan fingerprint density at radius 1 is 1.24 bits per heavy atom. The van der Waals surface area contributed by atoms with E-state index in [1.54, 1.807) is 0 Å². The second-order valence-corrected chi connectivity index (χ2v) is 6.07. The number of nitrogens with zero attached hydrogens (tertiary/aromatic N) is 5. The van der Waals surface area contributed by atoms with Crippen molar-refractivity contribution < 1.29 is 4.92 Å². The van der Waals surface area contributed by atoms with Gasteiger partial charge in [0.15, 0.2) is 0 Å². The normalized spacial score (nSPS) is 14.5. The average molecular weight is 363 g/mol. The number of rotatable bonds is 5. The van der Waals surface area contributed by atoms with Crippen LogP contribution in [0.15, 0.2) is 30.6 Å². The maximum atomic E-state index is 11.5. The van der Waals surface area contributed by atoms with E-state index in [0.717, 1.165) is 18.8 Å². The number of hydrogen-bond donors (Lipinski definition) is 1. The largest absolute Gasteiger partial charge is 0.368 e. The Balaban J connectivity index is 1.79. The summed E-state index contributed by atoms with van der Waals surface area (Å²) in [6.07, 6.45) is 1.36. The molecule has 1 aromatic carbocycles. The summed E-state index contributed by atoms with van der Waals surface area (Å²) >= 11 is 6.06. The van der Waals surface area contributed by atoms with E-state index in [1.165, 1.54) is 6.33 Å². The number of anilines is 3. The lowest BCUT2D eigenvalue weighted by Gasteiger charge is -2.36. The minimum atomic E-state index is -0.420. The molecule has 9 heteroatoms. The third kappa shape index (κ3) is 3.74. The summed E-state index contributed by atoms with van der Waals surface area (Å²) in [7, 11) is 0. The van der Waals surface area contributed by atoms with Gasteiger partial charge in [0.1, 0.15) is 6.33 Å². The number of halogens is 1. The molecule has 25 heavy (non-hydrogen) atoms. The van der Waals surface area contributed by atoms with Gasteiger partial charge < -0.3 is 15.1 Å². The van der Waals surface area contributed by atoms with Gasteiger partial charge in [-0.1, -0.05) is 17.7 Å². The first-order chi connectivity index (χ1) is 12.1. The van der Waals surface area contributed by atoms with Crippen molar-refractivity contribution in [3.8, 4) is 0 Å². The first kappa shape index (κ1) is 17.2. The fourth-order valence-corrected chi connectivity index (χ4v) is 3.10. The minimum absolute atomic E-state index is 0.0689. The molecule has 8 nitrogen and oxygen atoms in total. The van der Waals surface area contributed by atoms with E-state index >= 15 is 0 Å². The van der Waals surface area contributed by atoms with Gasteiger partial charge in [0, 0.05) is 43.4 Å². The van der Waals surface area contributed by atoms with Gasteiger partial charge in [0.05, 0.1) is 4.92 Å². The summed E-state index contributed by atoms with van der Waals surface area (Å²) in [5.41, 5.74) is 0.984. The molecule has 0 saturated carbocycles. The highest BCUT2D eigenvalue weighted by Gasteiger charge is 2.29. The van der Waals surface area contributed by atoms with Gasteiger partial charge in [-0.15, -0.1) is 0 Å². The van der Waals surface area contributed by atoms with Gasteiger partial charge in [-0.3, -0.25) is 10.1 Å². The lowest BCUT2D eigenvalue weighted by Crippen LogP contribution is -2.47. The molecule has 2 aromatic rings. The molecule has 2 heterocycles. The second kappa shape index (κ2) is 7.52. The maximum Gasteiger partial charge on any atom is 0.353 e. The molecule has 1 aliphatic heterocycles. The predicted molar refractivity (Wildman–Crippen MR) is 98.7 cm³/mol. The van der Waals surface area contributed by atoms with E-state index in [0.29, 0.717) is 30.5 Å². The number of hydrogen-bond acceptors (Lipinski definition) is 7. The Morgan fingerprint density at radius 3 is 2.60 bits per heavy atom. The number of piperazine rings is 1. The molecule has 132 valence electrons. The molecule has 1 saturated heterocycles. The standard InChI is InChI=1S/C16H19ClN6O2/c1-2-18-15-14(23(24)25)16(20-11-19-15)22-8-6-21(7-9-22)13-5-3-4-12(17)10-13/h3-5,10-11H,2,6-9H2,1H3,(H,18,19,20). The van der Waals surface area contributed by atoms with Crippen LogP contribution in [-0.4, -0.2) is 47.6 Å². The van der Waals surface area contributed by atoms with Crippen LogP contribution < -0.4 is 15.1 Å². The fraction of sp³-hybridized carbons (Fsp3) is 0.375. The first-order valence-corrected chi connectivity index (χ1v) is 8.46. The minimum Gasteiger partial charge on any atom is -0.368 e. The molecule has 0 bridgehead atoms. The Labute approximate surface area is 150 Å². The lowest BCUT2D eigenvalue weighted by molar-refractivity contribution is -0.383. The summed E-state index contributed by atoms with van der Waals surface area (Å²) in [6, 6.07) is 7.70. The van der Waals surface area contributed by atoms with Gasteiger partial charge >= 0.3 is 5.69 Å². The zero-order valence-corrected chi connectivity index (χ0v) is 14.6. The van der Waals surface area contributed by atoms with Crippen LogP contribution in [0.4, 0.5) is 23.0 Å². The quantitative estimate of drug-likeness (QED) is 0.646. The van der Waals surface area contributed by atoms with Crippen molar-refractivity contribution in [1.29, 1.82) is 0 Å². The van der Waals surface area contributed by atoms with Crippen molar-refractivity contribution in [2.45, 2.75) is 6.92 Å². The number of nitro groups is 1. The Morgan fingerprint density at radius 2 is 1.96 bits per heavy atom. The molecule has 0 spiro atoms. The topological polar surface area (TPSA) is 87.4 Å². The van der Waals surface area contributed by atoms with E-state index in [4.69, 9.17) is 11.6 Å². The summed E-state index contributed by atoms with van der Waals surface area (Å²) in [5.74, 6) is 0.622. The van der Waals surface area contributed by atoms with Crippen molar-refractivity contribution in [2.24, 2.45) is 0 Å². The number of aromatic nitrogens is 2. The van der Waals surface area contributed by atoms with Crippen LogP contribution in [0.5, 0.6) is 0 Å². The number of benzene rings is 1. The molecular formula is C16H19ClN6O2. The molecule has 3 rings (SSSR count). The smallest absolute Gasteiger partial charge is 0.353 e. The third-order valence-corrected chi connectivity index (χ3v) is 4.32. The van der Waals surface area contributed by atoms with Crippen molar-refractivity contribution in [2.75, 3.05) is 47.8 Å². The molecule has 1 aromatic heterocycles. The lowest BCUT2D eigenvalue weighted by atomic mass is 10.2. The van der Waals surface area contributed by atoms with E-state index in [2.05, 4.69) is 20.2 Å². The van der Waals surface area contributed by atoms with E-state index in [9.17, 15) is 10.1 Å². The van der Waals surface area contributed by atoms with Gasteiger partial charge in [-0.2, -0.15) is 0 Å². The second-order valence-electron chi connectivity index (χ2n) is 5.64. The van der Waals surface area contributed by atoms with Crippen LogP contribution in [-0.2, 0) is 0 Å². The molecule has 1 aliphatic rings. The van der Waals surface area contributed by atoms with Crippen LogP contribution in [0, 0.1) is 10.1 Å². The Hall–Kier alpha value is -2.61. The van der Waals surface area contributed by atoms with Gasteiger partial charge in [0.25, 0.3) is 0 Å². The van der Waals surface area contributed by atoms with Crippen molar-refractivity contribution >= 4 is 34.6 Å². The van der Waals surface area contributed by atoms with Crippen LogP contribution in [0.1, 0.15) is 6.92 Å². The fourth-order valence-electron chi connectivity index (χ4n) is 2.92. The van der Waals surface area contributed by atoms with Gasteiger partial charge in [0.2, 0.25) is 11.6 Å². The summed E-state index contributed by atoms with van der Waals surface area (Å²) in [4.78, 5) is 23.4. The van der Waals surface area contributed by atoms with Crippen molar-refractivity contribution in [1.82, 2.24) is 9.97 Å². The molecule has 0 aliphatic carbocycles. The van der Waals surface area contributed by atoms with E-state index in [1.807, 2.05) is 36.1 Å². The Kier molecular flexibility index (Phi) is 5.18. The highest BCUT2D eigenvalue weighted by atomic mass is 35.5. The van der Waals surface area contributed by atoms with Crippen molar-refractivity contribution in [3.63, 3.8) is 0 Å². The van der Waals surface area contributed by atoms with Gasteiger partial charge in [-0.25, -0.2) is 9.97 Å². The highest BCUT2D eigenvalue weighted by Crippen LogP contribution is 2.32. The molecule has 0 unspecified atom stereocenters. The first-order valence-electron chi connectivity index (χ1n) is 8.09. The highest BCUT2D eigenvalue weighted by molar-refractivity contribution is 6.30. The van der Waals surface area contributed by atoms with Gasteiger partial charge in [-0.05, 0) is 25.1 Å². The Bertz CT molecular complexity index is 764. The monoisotopic (exact) mass is 362 g/mol. The third-order valence-electron chi connectivity index (χ3n) is 4.08. The maximum absolute atomic E-state index is 11.5. The van der Waals surface area contributed by atoms with Crippen LogP contribution in [0.3, 0.4) is 0 Å². The molecule has 1 N–H and O–H groups in total. The van der Waals surface area contributed by atoms with Crippen LogP contribution in [0.25, 0.3) is 0 Å². The van der Waals surface area contributed by atoms with Crippen LogP contribution >= 0.6 is 11.6 Å².